The Hall–Kier alpha value is -2.41. The van der Waals surface area contributed by atoms with E-state index >= 15 is 0 Å². The van der Waals surface area contributed by atoms with Gasteiger partial charge in [0.05, 0.1) is 10.7 Å². The van der Waals surface area contributed by atoms with Crippen molar-refractivity contribution in [1.82, 2.24) is 20.1 Å². The van der Waals surface area contributed by atoms with Crippen molar-refractivity contribution < 1.29 is 14.7 Å². The quantitative estimate of drug-likeness (QED) is 0.862. The van der Waals surface area contributed by atoms with Crippen molar-refractivity contribution in [2.75, 3.05) is 0 Å². The summed E-state index contributed by atoms with van der Waals surface area (Å²) in [5, 5.41) is 15.9. The molecule has 0 saturated carbocycles. The first-order chi connectivity index (χ1) is 10.4. The van der Waals surface area contributed by atoms with Crippen LogP contribution in [0.5, 0.6) is 0 Å². The molecule has 116 valence electrons. The summed E-state index contributed by atoms with van der Waals surface area (Å²) >= 11 is 6.03. The topological polar surface area (TPSA) is 97.1 Å². The van der Waals surface area contributed by atoms with Crippen molar-refractivity contribution in [3.8, 4) is 0 Å². The van der Waals surface area contributed by atoms with Gasteiger partial charge in [0, 0.05) is 25.9 Å². The molecule has 1 amide bonds. The van der Waals surface area contributed by atoms with Gasteiger partial charge in [-0.3, -0.25) is 14.5 Å². The van der Waals surface area contributed by atoms with Gasteiger partial charge in [-0.25, -0.2) is 4.79 Å². The van der Waals surface area contributed by atoms with E-state index in [1.807, 2.05) is 0 Å². The minimum absolute atomic E-state index is 0.0163. The molecule has 2 N–H and O–H groups in total. The lowest BCUT2D eigenvalue weighted by molar-refractivity contribution is -0.139. The number of carbonyl (C=O) groups excluding carboxylic acids is 1. The highest BCUT2D eigenvalue weighted by molar-refractivity contribution is 6.34. The van der Waals surface area contributed by atoms with E-state index in [2.05, 4.69) is 15.4 Å². The minimum Gasteiger partial charge on any atom is -0.480 e. The number of amides is 1. The molecule has 0 saturated heterocycles. The molecule has 1 atom stereocenters. The van der Waals surface area contributed by atoms with Crippen LogP contribution in [-0.2, 0) is 18.3 Å². The van der Waals surface area contributed by atoms with Gasteiger partial charge in [0.25, 0.3) is 5.91 Å². The summed E-state index contributed by atoms with van der Waals surface area (Å²) in [5.74, 6) is -1.75. The van der Waals surface area contributed by atoms with E-state index in [9.17, 15) is 14.7 Å². The van der Waals surface area contributed by atoms with Crippen LogP contribution in [0.1, 0.15) is 21.7 Å². The molecule has 0 aliphatic rings. The first-order valence-corrected chi connectivity index (χ1v) is 6.89. The average Bonchev–Trinajstić information content (AvgIpc) is 2.75. The third-order valence-electron chi connectivity index (χ3n) is 3.27. The van der Waals surface area contributed by atoms with Crippen LogP contribution < -0.4 is 5.32 Å². The van der Waals surface area contributed by atoms with E-state index in [1.54, 1.807) is 38.5 Å². The maximum atomic E-state index is 12.2. The van der Waals surface area contributed by atoms with E-state index in [-0.39, 0.29) is 17.1 Å². The lowest BCUT2D eigenvalue weighted by atomic mass is 10.1. The van der Waals surface area contributed by atoms with Crippen LogP contribution >= 0.6 is 11.6 Å². The number of carbonyl (C=O) groups is 2. The number of aromatic nitrogens is 3. The van der Waals surface area contributed by atoms with Crippen molar-refractivity contribution >= 4 is 23.5 Å². The highest BCUT2D eigenvalue weighted by Crippen LogP contribution is 2.19. The number of nitrogens with one attached hydrogen (secondary N) is 1. The van der Waals surface area contributed by atoms with Crippen LogP contribution in [0.3, 0.4) is 0 Å². The zero-order valence-corrected chi connectivity index (χ0v) is 12.8. The lowest BCUT2D eigenvalue weighted by Crippen LogP contribution is -2.42. The summed E-state index contributed by atoms with van der Waals surface area (Å²) in [6.45, 7) is 1.72. The molecular formula is C14H15ClN4O3. The molecule has 1 unspecified atom stereocenters. The number of aryl methyl sites for hydroxylation is 1. The van der Waals surface area contributed by atoms with E-state index in [4.69, 9.17) is 11.6 Å². The molecular weight excluding hydrogens is 308 g/mol. The van der Waals surface area contributed by atoms with Crippen molar-refractivity contribution in [3.05, 3.63) is 46.5 Å². The number of hydrogen-bond acceptors (Lipinski definition) is 4. The molecule has 0 bridgehead atoms. The van der Waals surface area contributed by atoms with Crippen molar-refractivity contribution in [3.63, 3.8) is 0 Å². The van der Waals surface area contributed by atoms with Gasteiger partial charge in [-0.1, -0.05) is 11.6 Å². The first kappa shape index (κ1) is 16.0. The lowest BCUT2D eigenvalue weighted by Gasteiger charge is -2.13. The van der Waals surface area contributed by atoms with Gasteiger partial charge in [0.2, 0.25) is 0 Å². The van der Waals surface area contributed by atoms with Crippen LogP contribution in [-0.4, -0.2) is 37.8 Å². The summed E-state index contributed by atoms with van der Waals surface area (Å²) in [7, 11) is 1.66. The van der Waals surface area contributed by atoms with Crippen LogP contribution in [0.4, 0.5) is 0 Å². The SMILES string of the molecule is Cc1c(Cl)c(C(=O)NC(Cc2ccncc2)C(=O)O)nn1C. The fourth-order valence-corrected chi connectivity index (χ4v) is 2.15. The number of carboxylic acid groups (broad SMARTS) is 1. The van der Waals surface area contributed by atoms with E-state index in [0.29, 0.717) is 5.69 Å². The first-order valence-electron chi connectivity index (χ1n) is 6.51. The Morgan fingerprint density at radius 1 is 1.41 bits per heavy atom. The fourth-order valence-electron chi connectivity index (χ4n) is 1.91. The van der Waals surface area contributed by atoms with Crippen LogP contribution in [0.15, 0.2) is 24.5 Å². The minimum atomic E-state index is -1.13. The van der Waals surface area contributed by atoms with E-state index < -0.39 is 17.9 Å². The molecule has 7 nitrogen and oxygen atoms in total. The Morgan fingerprint density at radius 3 is 2.55 bits per heavy atom. The highest BCUT2D eigenvalue weighted by Gasteiger charge is 2.25. The van der Waals surface area contributed by atoms with Gasteiger partial charge >= 0.3 is 5.97 Å². The summed E-state index contributed by atoms with van der Waals surface area (Å²) in [5.41, 5.74) is 1.40. The number of pyridine rings is 1. The van der Waals surface area contributed by atoms with Crippen molar-refractivity contribution in [2.24, 2.45) is 7.05 Å². The third kappa shape index (κ3) is 3.43. The normalized spacial score (nSPS) is 12.0. The third-order valence-corrected chi connectivity index (χ3v) is 3.72. The largest absolute Gasteiger partial charge is 0.480 e. The maximum Gasteiger partial charge on any atom is 0.326 e. The Kier molecular flexibility index (Phi) is 4.77. The fraction of sp³-hybridized carbons (Fsp3) is 0.286. The predicted molar refractivity (Wildman–Crippen MR) is 79.8 cm³/mol. The van der Waals surface area contributed by atoms with Gasteiger partial charge in [-0.15, -0.1) is 0 Å². The summed E-state index contributed by atoms with van der Waals surface area (Å²) in [4.78, 5) is 27.4. The maximum absolute atomic E-state index is 12.2. The van der Waals surface area contributed by atoms with Crippen LogP contribution in [0, 0.1) is 6.92 Å². The molecule has 0 radical (unpaired) electrons. The number of aliphatic carboxylic acids is 1. The number of nitrogens with zero attached hydrogens (tertiary/aromatic N) is 3. The van der Waals surface area contributed by atoms with Crippen molar-refractivity contribution in [2.45, 2.75) is 19.4 Å². The van der Waals surface area contributed by atoms with Gasteiger partial charge in [0.15, 0.2) is 5.69 Å². The van der Waals surface area contributed by atoms with Gasteiger partial charge < -0.3 is 10.4 Å². The second kappa shape index (κ2) is 6.57. The zero-order valence-electron chi connectivity index (χ0n) is 12.1. The van der Waals surface area contributed by atoms with Gasteiger partial charge in [-0.2, -0.15) is 5.10 Å². The van der Waals surface area contributed by atoms with Gasteiger partial charge in [-0.05, 0) is 24.6 Å². The molecule has 0 fully saturated rings. The molecule has 0 aliphatic heterocycles. The van der Waals surface area contributed by atoms with Crippen molar-refractivity contribution in [1.29, 1.82) is 0 Å². The summed E-state index contributed by atoms with van der Waals surface area (Å²) < 4.78 is 1.47. The molecule has 2 aromatic heterocycles. The average molecular weight is 323 g/mol. The number of hydrogen-bond donors (Lipinski definition) is 2. The molecule has 8 heteroatoms. The Labute approximate surface area is 131 Å². The molecule has 2 rings (SSSR count). The Morgan fingerprint density at radius 2 is 2.05 bits per heavy atom. The zero-order chi connectivity index (χ0) is 16.3. The number of rotatable bonds is 5. The summed E-state index contributed by atoms with van der Waals surface area (Å²) in [6.07, 6.45) is 3.27. The summed E-state index contributed by atoms with van der Waals surface area (Å²) in [6, 6.07) is 2.31. The standard InChI is InChI=1S/C14H15ClN4O3/c1-8-11(15)12(18-19(8)2)13(20)17-10(14(21)22)7-9-3-5-16-6-4-9/h3-6,10H,7H2,1-2H3,(H,17,20)(H,21,22). The van der Waals surface area contributed by atoms with E-state index in [1.165, 1.54) is 4.68 Å². The van der Waals surface area contributed by atoms with Crippen LogP contribution in [0.2, 0.25) is 5.02 Å². The number of halogens is 1. The Balaban J connectivity index is 2.15. The van der Waals surface area contributed by atoms with E-state index in [0.717, 1.165) is 5.56 Å². The smallest absolute Gasteiger partial charge is 0.326 e. The Bertz CT molecular complexity index is 700. The molecule has 2 heterocycles. The number of carboxylic acids is 1. The highest BCUT2D eigenvalue weighted by atomic mass is 35.5. The molecule has 22 heavy (non-hydrogen) atoms. The molecule has 2 aromatic rings. The van der Waals surface area contributed by atoms with Crippen LogP contribution in [0.25, 0.3) is 0 Å². The second-order valence-electron chi connectivity index (χ2n) is 4.80. The molecule has 0 aliphatic carbocycles. The molecule has 0 aromatic carbocycles. The monoisotopic (exact) mass is 322 g/mol. The second-order valence-corrected chi connectivity index (χ2v) is 5.17. The molecule has 0 spiro atoms. The van der Waals surface area contributed by atoms with Gasteiger partial charge in [0.1, 0.15) is 6.04 Å². The predicted octanol–water partition coefficient (Wildman–Crippen LogP) is 1.20.